The standard InChI is InChI=1S/C54H36N2S/c1-4-15-37(16-5-1)39-27-31-43(32-28-39)55(44-33-29-40(30-34-44)38-17-6-2-7-18-38)45-22-14-19-41(35-45)48-36-49-46-23-10-12-25-50(46)56(42-20-8-3-9-21-42)53(49)52-47-24-11-13-26-51(47)57-54(48)52/h1-36H. The molecule has 11 aromatic rings. The van der Waals surface area contributed by atoms with Gasteiger partial charge < -0.3 is 9.47 Å². The number of aromatic nitrogens is 1. The maximum absolute atomic E-state index is 2.46. The Hall–Kier alpha value is -7.20. The van der Waals surface area contributed by atoms with Gasteiger partial charge in [-0.2, -0.15) is 0 Å². The number of para-hydroxylation sites is 2. The zero-order valence-corrected chi connectivity index (χ0v) is 31.9. The third-order valence-corrected chi connectivity index (χ3v) is 12.4. The van der Waals surface area contributed by atoms with Gasteiger partial charge in [0, 0.05) is 59.3 Å². The SMILES string of the molecule is c1ccc(-c2ccc(N(c3ccc(-c4ccccc4)cc3)c3cccc(-c4cc5c6ccccc6n(-c6ccccc6)c5c5c4sc4ccccc45)c3)cc2)cc1. The summed E-state index contributed by atoms with van der Waals surface area (Å²) in [5, 5.41) is 5.11. The second-order valence-corrected chi connectivity index (χ2v) is 15.6. The van der Waals surface area contributed by atoms with Crippen molar-refractivity contribution in [2.24, 2.45) is 0 Å². The fourth-order valence-electron chi connectivity index (χ4n) is 8.52. The van der Waals surface area contributed by atoms with Crippen LogP contribution in [0.1, 0.15) is 0 Å². The average Bonchev–Trinajstić information content (AvgIpc) is 3.84. The van der Waals surface area contributed by atoms with Gasteiger partial charge in [0.05, 0.1) is 11.0 Å². The lowest BCUT2D eigenvalue weighted by Gasteiger charge is -2.26. The largest absolute Gasteiger partial charge is 0.310 e. The molecule has 0 N–H and O–H groups in total. The Bertz CT molecular complexity index is 3120. The molecule has 0 fully saturated rings. The quantitative estimate of drug-likeness (QED) is 0.158. The predicted octanol–water partition coefficient (Wildman–Crippen LogP) is 15.6. The Labute approximate surface area is 335 Å². The first-order valence-electron chi connectivity index (χ1n) is 19.4. The fourth-order valence-corrected chi connectivity index (χ4v) is 9.77. The van der Waals surface area contributed by atoms with Crippen molar-refractivity contribution in [3.63, 3.8) is 0 Å². The lowest BCUT2D eigenvalue weighted by Crippen LogP contribution is -2.10. The highest BCUT2D eigenvalue weighted by molar-refractivity contribution is 7.26. The second kappa shape index (κ2) is 13.8. The minimum Gasteiger partial charge on any atom is -0.310 e. The van der Waals surface area contributed by atoms with Crippen LogP contribution in [0.3, 0.4) is 0 Å². The molecule has 2 aromatic heterocycles. The van der Waals surface area contributed by atoms with Gasteiger partial charge in [0.25, 0.3) is 0 Å². The Balaban J connectivity index is 1.12. The van der Waals surface area contributed by atoms with Gasteiger partial charge in [-0.15, -0.1) is 11.3 Å². The minimum absolute atomic E-state index is 1.10. The maximum Gasteiger partial charge on any atom is 0.0634 e. The molecule has 0 aliphatic heterocycles. The normalized spacial score (nSPS) is 11.5. The third kappa shape index (κ3) is 5.71. The van der Waals surface area contributed by atoms with E-state index >= 15 is 0 Å². The monoisotopic (exact) mass is 744 g/mol. The molecule has 9 aromatic carbocycles. The molecular formula is C54H36N2S. The lowest BCUT2D eigenvalue weighted by atomic mass is 9.98. The van der Waals surface area contributed by atoms with Crippen LogP contribution in [0.2, 0.25) is 0 Å². The number of rotatable bonds is 7. The van der Waals surface area contributed by atoms with Crippen LogP contribution in [-0.2, 0) is 0 Å². The molecule has 0 spiro atoms. The second-order valence-electron chi connectivity index (χ2n) is 14.5. The third-order valence-electron chi connectivity index (χ3n) is 11.2. The summed E-state index contributed by atoms with van der Waals surface area (Å²) < 4.78 is 5.06. The average molecular weight is 745 g/mol. The highest BCUT2D eigenvalue weighted by Gasteiger charge is 2.22. The first-order valence-corrected chi connectivity index (χ1v) is 20.2. The van der Waals surface area contributed by atoms with E-state index in [1.807, 2.05) is 11.3 Å². The lowest BCUT2D eigenvalue weighted by molar-refractivity contribution is 1.19. The number of fused-ring (bicyclic) bond motifs is 7. The summed E-state index contributed by atoms with van der Waals surface area (Å²) in [5.74, 6) is 0. The fraction of sp³-hybridized carbons (Fsp3) is 0. The minimum atomic E-state index is 1.10. The molecule has 0 amide bonds. The molecule has 0 saturated heterocycles. The van der Waals surface area contributed by atoms with Crippen molar-refractivity contribution in [1.29, 1.82) is 0 Å². The smallest absolute Gasteiger partial charge is 0.0634 e. The summed E-state index contributed by atoms with van der Waals surface area (Å²) in [6.45, 7) is 0. The van der Waals surface area contributed by atoms with E-state index < -0.39 is 0 Å². The predicted molar refractivity (Wildman–Crippen MR) is 245 cm³/mol. The number of hydrogen-bond donors (Lipinski definition) is 0. The van der Waals surface area contributed by atoms with E-state index in [1.165, 1.54) is 81.0 Å². The van der Waals surface area contributed by atoms with Crippen LogP contribution in [0.15, 0.2) is 218 Å². The van der Waals surface area contributed by atoms with E-state index in [-0.39, 0.29) is 0 Å². The summed E-state index contributed by atoms with van der Waals surface area (Å²) >= 11 is 1.89. The molecule has 11 rings (SSSR count). The van der Waals surface area contributed by atoms with E-state index in [0.29, 0.717) is 0 Å². The first-order chi connectivity index (χ1) is 28.3. The molecule has 2 nitrogen and oxygen atoms in total. The molecule has 268 valence electrons. The molecule has 2 heterocycles. The Morgan fingerprint density at radius 2 is 0.895 bits per heavy atom. The van der Waals surface area contributed by atoms with Gasteiger partial charge in [0.1, 0.15) is 0 Å². The van der Waals surface area contributed by atoms with Crippen LogP contribution in [0, 0.1) is 0 Å². The van der Waals surface area contributed by atoms with Crippen LogP contribution in [-0.4, -0.2) is 4.57 Å². The molecule has 0 unspecified atom stereocenters. The molecule has 0 radical (unpaired) electrons. The molecule has 0 saturated carbocycles. The van der Waals surface area contributed by atoms with Gasteiger partial charge >= 0.3 is 0 Å². The molecule has 57 heavy (non-hydrogen) atoms. The van der Waals surface area contributed by atoms with E-state index in [1.54, 1.807) is 0 Å². The van der Waals surface area contributed by atoms with Crippen LogP contribution in [0.25, 0.3) is 81.0 Å². The van der Waals surface area contributed by atoms with Crippen LogP contribution in [0.5, 0.6) is 0 Å². The van der Waals surface area contributed by atoms with Gasteiger partial charge in [-0.25, -0.2) is 0 Å². The van der Waals surface area contributed by atoms with Crippen LogP contribution >= 0.6 is 11.3 Å². The van der Waals surface area contributed by atoms with Crippen LogP contribution in [0.4, 0.5) is 17.1 Å². The number of thiophene rings is 1. The maximum atomic E-state index is 2.46. The van der Waals surface area contributed by atoms with Gasteiger partial charge in [0.15, 0.2) is 0 Å². The van der Waals surface area contributed by atoms with Crippen molar-refractivity contribution in [1.82, 2.24) is 4.57 Å². The zero-order valence-electron chi connectivity index (χ0n) is 31.1. The number of hydrogen-bond acceptors (Lipinski definition) is 2. The number of anilines is 3. The van der Waals surface area contributed by atoms with Gasteiger partial charge in [-0.1, -0.05) is 152 Å². The van der Waals surface area contributed by atoms with Crippen LogP contribution < -0.4 is 4.90 Å². The number of benzene rings is 9. The van der Waals surface area contributed by atoms with E-state index in [0.717, 1.165) is 17.1 Å². The number of nitrogens with zero attached hydrogens (tertiary/aromatic N) is 2. The van der Waals surface area contributed by atoms with Gasteiger partial charge in [0.2, 0.25) is 0 Å². The van der Waals surface area contributed by atoms with Crippen molar-refractivity contribution in [2.75, 3.05) is 4.90 Å². The Kier molecular flexibility index (Phi) is 8.04. The Morgan fingerprint density at radius 1 is 0.368 bits per heavy atom. The highest BCUT2D eigenvalue weighted by atomic mass is 32.1. The summed E-state index contributed by atoms with van der Waals surface area (Å²) in [5.41, 5.74) is 14.2. The van der Waals surface area contributed by atoms with Crippen molar-refractivity contribution in [3.05, 3.63) is 218 Å². The van der Waals surface area contributed by atoms with Crippen molar-refractivity contribution < 1.29 is 0 Å². The highest BCUT2D eigenvalue weighted by Crippen LogP contribution is 2.48. The molecule has 3 heteroatoms. The van der Waals surface area contributed by atoms with E-state index in [9.17, 15) is 0 Å². The topological polar surface area (TPSA) is 8.17 Å². The molecule has 0 atom stereocenters. The molecule has 0 bridgehead atoms. The molecular weight excluding hydrogens is 709 g/mol. The van der Waals surface area contributed by atoms with E-state index in [2.05, 4.69) is 228 Å². The summed E-state index contributed by atoms with van der Waals surface area (Å²) in [7, 11) is 0. The van der Waals surface area contributed by atoms with Crippen molar-refractivity contribution in [2.45, 2.75) is 0 Å². The van der Waals surface area contributed by atoms with Gasteiger partial charge in [-0.05, 0) is 94.5 Å². The summed E-state index contributed by atoms with van der Waals surface area (Å²) in [6.07, 6.45) is 0. The summed E-state index contributed by atoms with van der Waals surface area (Å²) in [4.78, 5) is 2.38. The molecule has 0 aliphatic carbocycles. The Morgan fingerprint density at radius 3 is 1.54 bits per heavy atom. The van der Waals surface area contributed by atoms with Gasteiger partial charge in [-0.3, -0.25) is 0 Å². The van der Waals surface area contributed by atoms with Crippen molar-refractivity contribution in [3.8, 4) is 39.1 Å². The zero-order chi connectivity index (χ0) is 37.7. The summed E-state index contributed by atoms with van der Waals surface area (Å²) in [6, 6.07) is 79.2. The first kappa shape index (κ1) is 33.2. The van der Waals surface area contributed by atoms with E-state index in [4.69, 9.17) is 0 Å². The molecule has 0 aliphatic rings. The van der Waals surface area contributed by atoms with Crippen molar-refractivity contribution >= 4 is 70.4 Å².